The smallest absolute Gasteiger partial charge is 0.247 e. The van der Waals surface area contributed by atoms with Gasteiger partial charge in [0, 0.05) is 25.5 Å². The van der Waals surface area contributed by atoms with Gasteiger partial charge < -0.3 is 10.0 Å². The standard InChI is InChI=1S/C12H19N3O2/c1-10(15-7-3-6-13-15)11(16)14-8-4-12(2,17)5-9-14/h3,6-7,10,17H,4-5,8-9H2,1-2H3. The fraction of sp³-hybridized carbons (Fsp3) is 0.667. The normalized spacial score (nSPS) is 21.2. The zero-order valence-electron chi connectivity index (χ0n) is 10.3. The van der Waals surface area contributed by atoms with E-state index in [1.54, 1.807) is 17.1 Å². The maximum absolute atomic E-state index is 12.2. The molecule has 0 saturated carbocycles. The van der Waals surface area contributed by atoms with Crippen molar-refractivity contribution in [3.8, 4) is 0 Å². The molecule has 0 bridgehead atoms. The fourth-order valence-corrected chi connectivity index (χ4v) is 2.10. The van der Waals surface area contributed by atoms with Crippen LogP contribution in [0.3, 0.4) is 0 Å². The predicted octanol–water partition coefficient (Wildman–Crippen LogP) is 0.817. The molecule has 1 aliphatic rings. The summed E-state index contributed by atoms with van der Waals surface area (Å²) in [5, 5.41) is 13.9. The predicted molar refractivity (Wildman–Crippen MR) is 63.4 cm³/mol. The van der Waals surface area contributed by atoms with Gasteiger partial charge in [0.2, 0.25) is 5.91 Å². The molecular weight excluding hydrogens is 218 g/mol. The molecule has 1 N–H and O–H groups in total. The van der Waals surface area contributed by atoms with Crippen LogP contribution in [0.25, 0.3) is 0 Å². The third-order valence-electron chi connectivity index (χ3n) is 3.43. The van der Waals surface area contributed by atoms with Crippen molar-refractivity contribution in [2.75, 3.05) is 13.1 Å². The van der Waals surface area contributed by atoms with Crippen LogP contribution in [-0.2, 0) is 4.79 Å². The highest BCUT2D eigenvalue weighted by Crippen LogP contribution is 2.22. The van der Waals surface area contributed by atoms with Crippen LogP contribution in [0, 0.1) is 0 Å². The highest BCUT2D eigenvalue weighted by molar-refractivity contribution is 5.80. The Morgan fingerprint density at radius 2 is 2.12 bits per heavy atom. The minimum Gasteiger partial charge on any atom is -0.390 e. The number of hydrogen-bond donors (Lipinski definition) is 1. The van der Waals surface area contributed by atoms with E-state index in [-0.39, 0.29) is 11.9 Å². The van der Waals surface area contributed by atoms with Gasteiger partial charge in [0.05, 0.1) is 5.60 Å². The number of piperidine rings is 1. The molecule has 2 rings (SSSR count). The quantitative estimate of drug-likeness (QED) is 0.828. The molecule has 0 aromatic carbocycles. The number of hydrogen-bond acceptors (Lipinski definition) is 3. The van der Waals surface area contributed by atoms with Gasteiger partial charge in [-0.3, -0.25) is 9.48 Å². The molecule has 1 aromatic heterocycles. The van der Waals surface area contributed by atoms with Crippen molar-refractivity contribution in [1.29, 1.82) is 0 Å². The molecule has 1 aliphatic heterocycles. The minimum absolute atomic E-state index is 0.0733. The van der Waals surface area contributed by atoms with E-state index >= 15 is 0 Å². The van der Waals surface area contributed by atoms with E-state index in [1.165, 1.54) is 0 Å². The molecule has 5 heteroatoms. The Balaban J connectivity index is 1.97. The zero-order chi connectivity index (χ0) is 12.5. The summed E-state index contributed by atoms with van der Waals surface area (Å²) in [4.78, 5) is 14.0. The van der Waals surface area contributed by atoms with Crippen LogP contribution in [0.5, 0.6) is 0 Å². The Morgan fingerprint density at radius 3 is 2.65 bits per heavy atom. The molecule has 1 aromatic rings. The second kappa shape index (κ2) is 4.49. The SMILES string of the molecule is CC(C(=O)N1CCC(C)(O)CC1)n1cccn1. The number of amides is 1. The molecule has 0 radical (unpaired) electrons. The molecule has 0 spiro atoms. The zero-order valence-corrected chi connectivity index (χ0v) is 10.3. The van der Waals surface area contributed by atoms with E-state index in [0.29, 0.717) is 25.9 Å². The van der Waals surface area contributed by atoms with Gasteiger partial charge >= 0.3 is 0 Å². The molecule has 1 saturated heterocycles. The monoisotopic (exact) mass is 237 g/mol. The fourth-order valence-electron chi connectivity index (χ4n) is 2.10. The van der Waals surface area contributed by atoms with Gasteiger partial charge in [-0.2, -0.15) is 5.10 Å². The summed E-state index contributed by atoms with van der Waals surface area (Å²) in [6.45, 7) is 4.92. The van der Waals surface area contributed by atoms with Crippen molar-refractivity contribution < 1.29 is 9.90 Å². The van der Waals surface area contributed by atoms with Crippen molar-refractivity contribution in [2.24, 2.45) is 0 Å². The number of carbonyl (C=O) groups is 1. The lowest BCUT2D eigenvalue weighted by Crippen LogP contribution is -2.47. The van der Waals surface area contributed by atoms with Crippen molar-refractivity contribution in [1.82, 2.24) is 14.7 Å². The van der Waals surface area contributed by atoms with Gasteiger partial charge in [-0.05, 0) is 32.8 Å². The van der Waals surface area contributed by atoms with Crippen LogP contribution >= 0.6 is 0 Å². The number of nitrogens with zero attached hydrogens (tertiary/aromatic N) is 3. The molecule has 17 heavy (non-hydrogen) atoms. The maximum atomic E-state index is 12.2. The summed E-state index contributed by atoms with van der Waals surface area (Å²) in [6.07, 6.45) is 4.75. The number of rotatable bonds is 2. The Kier molecular flexibility index (Phi) is 3.19. The Labute approximate surface area is 101 Å². The summed E-state index contributed by atoms with van der Waals surface area (Å²) >= 11 is 0. The van der Waals surface area contributed by atoms with Gasteiger partial charge in [0.1, 0.15) is 6.04 Å². The topological polar surface area (TPSA) is 58.4 Å². The number of carbonyl (C=O) groups excluding carboxylic acids is 1. The molecule has 0 aliphatic carbocycles. The lowest BCUT2D eigenvalue weighted by molar-refractivity contribution is -0.138. The lowest BCUT2D eigenvalue weighted by atomic mass is 9.93. The van der Waals surface area contributed by atoms with Crippen LogP contribution in [0.15, 0.2) is 18.5 Å². The summed E-state index contributed by atoms with van der Waals surface area (Å²) in [5.74, 6) is 0.0733. The third-order valence-corrected chi connectivity index (χ3v) is 3.43. The van der Waals surface area contributed by atoms with Crippen molar-refractivity contribution in [3.05, 3.63) is 18.5 Å². The van der Waals surface area contributed by atoms with Crippen LogP contribution in [-0.4, -0.2) is 44.4 Å². The van der Waals surface area contributed by atoms with Gasteiger partial charge in [0.25, 0.3) is 0 Å². The Morgan fingerprint density at radius 1 is 1.47 bits per heavy atom. The first-order valence-corrected chi connectivity index (χ1v) is 6.00. The van der Waals surface area contributed by atoms with E-state index in [0.717, 1.165) is 0 Å². The lowest BCUT2D eigenvalue weighted by Gasteiger charge is -2.36. The largest absolute Gasteiger partial charge is 0.390 e. The summed E-state index contributed by atoms with van der Waals surface area (Å²) in [6, 6.07) is 1.54. The summed E-state index contributed by atoms with van der Waals surface area (Å²) < 4.78 is 1.66. The van der Waals surface area contributed by atoms with E-state index < -0.39 is 5.60 Å². The van der Waals surface area contributed by atoms with Crippen LogP contribution < -0.4 is 0 Å². The first-order chi connectivity index (χ1) is 7.99. The van der Waals surface area contributed by atoms with E-state index in [4.69, 9.17) is 0 Å². The van der Waals surface area contributed by atoms with E-state index in [1.807, 2.05) is 24.8 Å². The summed E-state index contributed by atoms with van der Waals surface area (Å²) in [5.41, 5.74) is -0.619. The molecule has 1 atom stereocenters. The third kappa shape index (κ3) is 2.66. The van der Waals surface area contributed by atoms with Crippen molar-refractivity contribution in [3.63, 3.8) is 0 Å². The van der Waals surface area contributed by atoms with E-state index in [9.17, 15) is 9.90 Å². The van der Waals surface area contributed by atoms with Gasteiger partial charge in [0.15, 0.2) is 0 Å². The molecule has 1 fully saturated rings. The number of aromatic nitrogens is 2. The van der Waals surface area contributed by atoms with Gasteiger partial charge in [-0.1, -0.05) is 0 Å². The Bertz CT molecular complexity index is 376. The van der Waals surface area contributed by atoms with Gasteiger partial charge in [-0.25, -0.2) is 0 Å². The average molecular weight is 237 g/mol. The second-order valence-electron chi connectivity index (χ2n) is 4.98. The van der Waals surface area contributed by atoms with Crippen molar-refractivity contribution in [2.45, 2.75) is 38.3 Å². The van der Waals surface area contributed by atoms with Crippen LogP contribution in [0.2, 0.25) is 0 Å². The van der Waals surface area contributed by atoms with E-state index in [2.05, 4.69) is 5.10 Å². The molecule has 2 heterocycles. The van der Waals surface area contributed by atoms with Crippen molar-refractivity contribution >= 4 is 5.91 Å². The first kappa shape index (κ1) is 12.1. The van der Waals surface area contributed by atoms with Crippen LogP contribution in [0.4, 0.5) is 0 Å². The Hall–Kier alpha value is -1.36. The maximum Gasteiger partial charge on any atom is 0.247 e. The number of aliphatic hydroxyl groups is 1. The molecular formula is C12H19N3O2. The molecule has 1 amide bonds. The highest BCUT2D eigenvalue weighted by Gasteiger charge is 2.31. The second-order valence-corrected chi connectivity index (χ2v) is 4.98. The molecule has 5 nitrogen and oxygen atoms in total. The van der Waals surface area contributed by atoms with Gasteiger partial charge in [-0.15, -0.1) is 0 Å². The van der Waals surface area contributed by atoms with Crippen LogP contribution in [0.1, 0.15) is 32.7 Å². The average Bonchev–Trinajstić information content (AvgIpc) is 2.80. The molecule has 94 valence electrons. The minimum atomic E-state index is -0.619. The number of likely N-dealkylation sites (tertiary alicyclic amines) is 1. The highest BCUT2D eigenvalue weighted by atomic mass is 16.3. The molecule has 1 unspecified atom stereocenters. The first-order valence-electron chi connectivity index (χ1n) is 6.00. The summed E-state index contributed by atoms with van der Waals surface area (Å²) in [7, 11) is 0.